The molecule has 2 unspecified atom stereocenters. The van der Waals surface area contributed by atoms with E-state index in [0.717, 1.165) is 20.7 Å². The van der Waals surface area contributed by atoms with E-state index < -0.39 is 12.0 Å². The third-order valence-corrected chi connectivity index (χ3v) is 7.44. The van der Waals surface area contributed by atoms with Crippen LogP contribution >= 0.6 is 22.7 Å². The number of thiophene rings is 1. The van der Waals surface area contributed by atoms with Crippen LogP contribution in [0.25, 0.3) is 10.2 Å². The Morgan fingerprint density at radius 1 is 1.16 bits per heavy atom. The minimum atomic E-state index is -0.550. The molecule has 4 aromatic rings. The molecule has 1 aliphatic heterocycles. The van der Waals surface area contributed by atoms with Crippen LogP contribution in [0.4, 0.5) is 5.69 Å². The van der Waals surface area contributed by atoms with Crippen molar-refractivity contribution in [3.8, 4) is 0 Å². The summed E-state index contributed by atoms with van der Waals surface area (Å²) in [5.74, 6) is -0.783. The monoisotopic (exact) mass is 463 g/mol. The number of rotatable bonds is 6. The number of hydrogen-bond donors (Lipinski definition) is 1. The van der Waals surface area contributed by atoms with Gasteiger partial charge < -0.3 is 15.0 Å². The van der Waals surface area contributed by atoms with E-state index in [2.05, 4.69) is 10.3 Å². The number of thiazole rings is 1. The third-order valence-electron chi connectivity index (χ3n) is 5.69. The Balaban J connectivity index is 1.58. The van der Waals surface area contributed by atoms with Crippen molar-refractivity contribution in [2.45, 2.75) is 12.0 Å². The van der Waals surface area contributed by atoms with Crippen molar-refractivity contribution in [1.82, 2.24) is 9.88 Å². The number of carbonyl (C=O) groups is 2. The maximum atomic E-state index is 13.7. The molecule has 0 fully saturated rings. The average Bonchev–Trinajstić information content (AvgIpc) is 3.50. The normalized spacial score (nSPS) is 18.0. The van der Waals surface area contributed by atoms with E-state index in [1.807, 2.05) is 53.9 Å². The predicted molar refractivity (Wildman–Crippen MR) is 127 cm³/mol. The molecule has 0 radical (unpaired) electrons. The predicted octanol–water partition coefficient (Wildman–Crippen LogP) is 4.92. The van der Waals surface area contributed by atoms with Gasteiger partial charge in [-0.3, -0.25) is 9.59 Å². The van der Waals surface area contributed by atoms with Crippen LogP contribution in [0, 0.1) is 0 Å². The van der Waals surface area contributed by atoms with Crippen molar-refractivity contribution >= 4 is 50.4 Å². The quantitative estimate of drug-likeness (QED) is 0.440. The van der Waals surface area contributed by atoms with Gasteiger partial charge in [-0.15, -0.1) is 22.7 Å². The molecule has 2 aromatic carbocycles. The second kappa shape index (κ2) is 8.82. The lowest BCUT2D eigenvalue weighted by Gasteiger charge is -2.41. The van der Waals surface area contributed by atoms with Crippen LogP contribution in [-0.2, 0) is 9.53 Å². The fourth-order valence-electron chi connectivity index (χ4n) is 4.24. The van der Waals surface area contributed by atoms with E-state index in [1.54, 1.807) is 46.3 Å². The van der Waals surface area contributed by atoms with Crippen molar-refractivity contribution in [3.05, 3.63) is 81.5 Å². The molecule has 8 heteroatoms. The number of carbonyl (C=O) groups excluding carboxylic acids is 2. The highest BCUT2D eigenvalue weighted by molar-refractivity contribution is 7.16. The number of hydrogen-bond acceptors (Lipinski definition) is 6. The van der Waals surface area contributed by atoms with Gasteiger partial charge in [0, 0.05) is 29.8 Å². The van der Waals surface area contributed by atoms with Crippen LogP contribution in [0.2, 0.25) is 0 Å². The first-order valence-electron chi connectivity index (χ1n) is 10.2. The summed E-state index contributed by atoms with van der Waals surface area (Å²) in [4.78, 5) is 34.2. The molecule has 2 atom stereocenters. The number of methoxy groups -OCH3 is 1. The van der Waals surface area contributed by atoms with Gasteiger partial charge in [-0.05, 0) is 41.3 Å². The summed E-state index contributed by atoms with van der Waals surface area (Å²) in [5, 5.41) is 5.05. The highest BCUT2D eigenvalue weighted by Crippen LogP contribution is 2.44. The van der Waals surface area contributed by atoms with Crippen LogP contribution in [0.1, 0.15) is 32.8 Å². The second-order valence-electron chi connectivity index (χ2n) is 7.54. The number of fused-ring (bicyclic) bond motifs is 2. The second-order valence-corrected chi connectivity index (χ2v) is 9.41. The van der Waals surface area contributed by atoms with Crippen molar-refractivity contribution < 1.29 is 14.3 Å². The highest BCUT2D eigenvalue weighted by atomic mass is 32.1. The van der Waals surface area contributed by atoms with E-state index in [-0.39, 0.29) is 11.8 Å². The number of anilines is 1. The first-order chi connectivity index (χ1) is 15.7. The summed E-state index contributed by atoms with van der Waals surface area (Å²) in [6.45, 7) is 0.797. The number of ether oxygens (including phenoxy) is 1. The van der Waals surface area contributed by atoms with Crippen LogP contribution in [0.3, 0.4) is 0 Å². The Bertz CT molecular complexity index is 1270. The standard InChI is InChI=1S/C24H21N3O3S2/c1-30-11-10-27-22(20-7-4-12-31-20)21(16-5-2-3-6-17(16)24(27)29)23(28)26-15-8-9-19-18(13-15)25-14-32-19/h2-9,12-14,21-22H,10-11H2,1H3,(H,26,28). The Labute approximate surface area is 193 Å². The summed E-state index contributed by atoms with van der Waals surface area (Å²) in [6.07, 6.45) is 0. The molecule has 2 amide bonds. The lowest BCUT2D eigenvalue weighted by Crippen LogP contribution is -2.47. The topological polar surface area (TPSA) is 71.5 Å². The maximum absolute atomic E-state index is 13.7. The number of nitrogens with zero attached hydrogens (tertiary/aromatic N) is 2. The Kier molecular flexibility index (Phi) is 5.73. The zero-order valence-corrected chi connectivity index (χ0v) is 19.0. The van der Waals surface area contributed by atoms with Crippen molar-refractivity contribution in [1.29, 1.82) is 0 Å². The molecular formula is C24H21N3O3S2. The van der Waals surface area contributed by atoms with Gasteiger partial charge in [0.1, 0.15) is 0 Å². The molecule has 0 bridgehead atoms. The van der Waals surface area contributed by atoms with Crippen LogP contribution in [0.15, 0.2) is 65.5 Å². The lowest BCUT2D eigenvalue weighted by molar-refractivity contribution is -0.119. The summed E-state index contributed by atoms with van der Waals surface area (Å²) < 4.78 is 6.34. The van der Waals surface area contributed by atoms with Gasteiger partial charge in [0.2, 0.25) is 5.91 Å². The van der Waals surface area contributed by atoms with E-state index in [1.165, 1.54) is 0 Å². The summed E-state index contributed by atoms with van der Waals surface area (Å²) in [7, 11) is 1.61. The molecular weight excluding hydrogens is 442 g/mol. The fraction of sp³-hybridized carbons (Fsp3) is 0.208. The molecule has 6 nitrogen and oxygen atoms in total. The molecule has 0 saturated carbocycles. The highest BCUT2D eigenvalue weighted by Gasteiger charge is 2.44. The summed E-state index contributed by atoms with van der Waals surface area (Å²) in [6, 6.07) is 16.7. The van der Waals surface area contributed by atoms with Gasteiger partial charge in [-0.1, -0.05) is 24.3 Å². The molecule has 1 aliphatic rings. The Hall–Kier alpha value is -3.07. The van der Waals surface area contributed by atoms with Gasteiger partial charge in [-0.25, -0.2) is 4.98 Å². The molecule has 0 spiro atoms. The van der Waals surface area contributed by atoms with Gasteiger partial charge in [-0.2, -0.15) is 0 Å². The fourth-order valence-corrected chi connectivity index (χ4v) is 5.77. The number of benzene rings is 2. The molecule has 162 valence electrons. The van der Waals surface area contributed by atoms with Crippen molar-refractivity contribution in [2.75, 3.05) is 25.6 Å². The smallest absolute Gasteiger partial charge is 0.254 e. The molecule has 5 rings (SSSR count). The summed E-state index contributed by atoms with van der Waals surface area (Å²) in [5.41, 5.74) is 4.64. The number of nitrogens with one attached hydrogen (secondary N) is 1. The van der Waals surface area contributed by atoms with E-state index in [4.69, 9.17) is 4.74 Å². The zero-order chi connectivity index (χ0) is 22.1. The largest absolute Gasteiger partial charge is 0.383 e. The molecule has 2 aromatic heterocycles. The Morgan fingerprint density at radius 2 is 2.03 bits per heavy atom. The maximum Gasteiger partial charge on any atom is 0.254 e. The zero-order valence-electron chi connectivity index (χ0n) is 17.4. The molecule has 32 heavy (non-hydrogen) atoms. The lowest BCUT2D eigenvalue weighted by atomic mass is 9.81. The molecule has 0 aliphatic carbocycles. The number of amides is 2. The average molecular weight is 464 g/mol. The van der Waals surface area contributed by atoms with E-state index in [0.29, 0.717) is 24.4 Å². The molecule has 3 heterocycles. The van der Waals surface area contributed by atoms with Gasteiger partial charge in [0.15, 0.2) is 0 Å². The molecule has 0 saturated heterocycles. The SMILES string of the molecule is COCCN1C(=O)c2ccccc2C(C(=O)Nc2ccc3scnc3c2)C1c1cccs1. The first kappa shape index (κ1) is 20.8. The minimum Gasteiger partial charge on any atom is -0.383 e. The van der Waals surface area contributed by atoms with E-state index in [9.17, 15) is 9.59 Å². The van der Waals surface area contributed by atoms with Crippen molar-refractivity contribution in [3.63, 3.8) is 0 Å². The van der Waals surface area contributed by atoms with Crippen LogP contribution in [0.5, 0.6) is 0 Å². The van der Waals surface area contributed by atoms with Gasteiger partial charge in [0.25, 0.3) is 5.91 Å². The summed E-state index contributed by atoms with van der Waals surface area (Å²) >= 11 is 3.11. The third kappa shape index (κ3) is 3.70. The van der Waals surface area contributed by atoms with Gasteiger partial charge in [0.05, 0.1) is 34.3 Å². The van der Waals surface area contributed by atoms with Crippen LogP contribution < -0.4 is 5.32 Å². The first-order valence-corrected chi connectivity index (χ1v) is 12.0. The van der Waals surface area contributed by atoms with Crippen molar-refractivity contribution in [2.24, 2.45) is 0 Å². The van der Waals surface area contributed by atoms with Gasteiger partial charge >= 0.3 is 0 Å². The van der Waals surface area contributed by atoms with E-state index >= 15 is 0 Å². The molecule has 1 N–H and O–H groups in total. The van der Waals surface area contributed by atoms with Crippen LogP contribution in [-0.4, -0.2) is 42.0 Å². The number of aromatic nitrogens is 1. The Morgan fingerprint density at radius 3 is 2.84 bits per heavy atom. The minimum absolute atomic E-state index is 0.0796.